The molecule has 1 rings (SSSR count). The van der Waals surface area contributed by atoms with Crippen molar-refractivity contribution in [2.24, 2.45) is 0 Å². The van der Waals surface area contributed by atoms with E-state index in [1.54, 1.807) is 6.07 Å². The first-order valence-electron chi connectivity index (χ1n) is 4.54. The Balaban J connectivity index is 2.85. The Morgan fingerprint density at radius 2 is 2.15 bits per heavy atom. The predicted octanol–water partition coefficient (Wildman–Crippen LogP) is 2.68. The topological polar surface area (TPSA) is 26.3 Å². The van der Waals surface area contributed by atoms with Crippen molar-refractivity contribution < 1.29 is 9.53 Å². The van der Waals surface area contributed by atoms with Gasteiger partial charge in [-0.15, -0.1) is 0 Å². The quantitative estimate of drug-likeness (QED) is 0.662. The minimum absolute atomic E-state index is 0.154. The largest absolute Gasteiger partial charge is 0.494 e. The number of Topliss-reactive ketones (excluding diaryl/α,β-unsaturated/α-hetero) is 1. The molecule has 0 aliphatic heterocycles. The minimum Gasteiger partial charge on any atom is -0.494 e. The molecule has 2 nitrogen and oxygen atoms in total. The molecular formula is C11H14O2. The third-order valence-corrected chi connectivity index (χ3v) is 1.79. The highest BCUT2D eigenvalue weighted by atomic mass is 16.5. The molecule has 0 N–H and O–H groups in total. The Labute approximate surface area is 78.5 Å². The lowest BCUT2D eigenvalue weighted by atomic mass is 10.1. The van der Waals surface area contributed by atoms with Gasteiger partial charge in [0, 0.05) is 12.0 Å². The Morgan fingerprint density at radius 1 is 1.38 bits per heavy atom. The summed E-state index contributed by atoms with van der Waals surface area (Å²) in [5.41, 5.74) is 0.730. The maximum absolute atomic E-state index is 11.3. The first kappa shape index (κ1) is 9.78. The second-order valence-corrected chi connectivity index (χ2v) is 2.74. The van der Waals surface area contributed by atoms with Crippen LogP contribution in [-0.4, -0.2) is 12.4 Å². The van der Waals surface area contributed by atoms with Crippen LogP contribution in [0.2, 0.25) is 0 Å². The molecule has 0 heterocycles. The number of ether oxygens (including phenoxy) is 1. The molecule has 2 heteroatoms. The monoisotopic (exact) mass is 178 g/mol. The number of carbonyl (C=O) groups excluding carboxylic acids is 1. The average Bonchev–Trinajstić information content (AvgIpc) is 2.18. The lowest BCUT2D eigenvalue weighted by Crippen LogP contribution is -1.98. The van der Waals surface area contributed by atoms with Crippen LogP contribution in [0.1, 0.15) is 30.6 Å². The molecule has 0 spiro atoms. The van der Waals surface area contributed by atoms with E-state index in [4.69, 9.17) is 4.74 Å². The average molecular weight is 178 g/mol. The van der Waals surface area contributed by atoms with Crippen LogP contribution in [0.3, 0.4) is 0 Å². The van der Waals surface area contributed by atoms with Crippen LogP contribution in [0.15, 0.2) is 24.3 Å². The molecule has 0 fully saturated rings. The highest BCUT2D eigenvalue weighted by molar-refractivity contribution is 5.96. The molecule has 0 saturated carbocycles. The van der Waals surface area contributed by atoms with E-state index in [0.717, 1.165) is 11.3 Å². The van der Waals surface area contributed by atoms with Crippen molar-refractivity contribution in [3.05, 3.63) is 29.8 Å². The Bertz CT molecular complexity index is 292. The van der Waals surface area contributed by atoms with Crippen LogP contribution < -0.4 is 4.74 Å². The van der Waals surface area contributed by atoms with E-state index in [-0.39, 0.29) is 5.78 Å². The smallest absolute Gasteiger partial charge is 0.162 e. The second kappa shape index (κ2) is 4.65. The van der Waals surface area contributed by atoms with Crippen LogP contribution in [0.25, 0.3) is 0 Å². The first-order chi connectivity index (χ1) is 6.27. The summed E-state index contributed by atoms with van der Waals surface area (Å²) in [4.78, 5) is 11.3. The summed E-state index contributed by atoms with van der Waals surface area (Å²) in [6.07, 6.45) is 0.537. The van der Waals surface area contributed by atoms with Crippen molar-refractivity contribution >= 4 is 5.78 Å². The summed E-state index contributed by atoms with van der Waals surface area (Å²) in [5.74, 6) is 0.920. The van der Waals surface area contributed by atoms with Crippen molar-refractivity contribution in [2.75, 3.05) is 6.61 Å². The van der Waals surface area contributed by atoms with Gasteiger partial charge in [0.25, 0.3) is 0 Å². The summed E-state index contributed by atoms with van der Waals surface area (Å²) >= 11 is 0. The highest BCUT2D eigenvalue weighted by Gasteiger charge is 2.03. The van der Waals surface area contributed by atoms with Gasteiger partial charge in [-0.1, -0.05) is 19.1 Å². The number of rotatable bonds is 4. The fraction of sp³-hybridized carbons (Fsp3) is 0.364. The van der Waals surface area contributed by atoms with Gasteiger partial charge >= 0.3 is 0 Å². The molecule has 0 radical (unpaired) electrons. The van der Waals surface area contributed by atoms with Gasteiger partial charge in [-0.2, -0.15) is 0 Å². The molecule has 13 heavy (non-hydrogen) atoms. The van der Waals surface area contributed by atoms with Gasteiger partial charge in [-0.3, -0.25) is 4.79 Å². The summed E-state index contributed by atoms with van der Waals surface area (Å²) in [5, 5.41) is 0. The van der Waals surface area contributed by atoms with Gasteiger partial charge in [0.05, 0.1) is 6.61 Å². The van der Waals surface area contributed by atoms with E-state index in [0.29, 0.717) is 13.0 Å². The first-order valence-corrected chi connectivity index (χ1v) is 4.54. The molecule has 0 saturated heterocycles. The van der Waals surface area contributed by atoms with E-state index >= 15 is 0 Å². The number of benzene rings is 1. The molecule has 0 aliphatic carbocycles. The molecule has 0 unspecified atom stereocenters. The lowest BCUT2D eigenvalue weighted by Gasteiger charge is -2.03. The second-order valence-electron chi connectivity index (χ2n) is 2.74. The molecule has 0 bridgehead atoms. The van der Waals surface area contributed by atoms with E-state index in [1.807, 2.05) is 32.0 Å². The van der Waals surface area contributed by atoms with Gasteiger partial charge in [0.2, 0.25) is 0 Å². The van der Waals surface area contributed by atoms with Crippen LogP contribution >= 0.6 is 0 Å². The molecule has 1 aromatic rings. The zero-order chi connectivity index (χ0) is 9.68. The summed E-state index contributed by atoms with van der Waals surface area (Å²) in [6, 6.07) is 7.30. The van der Waals surface area contributed by atoms with Crippen LogP contribution in [-0.2, 0) is 0 Å². The van der Waals surface area contributed by atoms with Gasteiger partial charge in [-0.25, -0.2) is 0 Å². The molecule has 0 aromatic heterocycles. The Hall–Kier alpha value is -1.31. The fourth-order valence-electron chi connectivity index (χ4n) is 1.13. The van der Waals surface area contributed by atoms with E-state index in [1.165, 1.54) is 0 Å². The standard InChI is InChI=1S/C11H14O2/c1-3-11(12)9-6-5-7-10(8-9)13-4-2/h5-8H,3-4H2,1-2H3. The van der Waals surface area contributed by atoms with Crippen molar-refractivity contribution in [1.82, 2.24) is 0 Å². The van der Waals surface area contributed by atoms with E-state index < -0.39 is 0 Å². The maximum atomic E-state index is 11.3. The summed E-state index contributed by atoms with van der Waals surface area (Å²) < 4.78 is 5.29. The molecule has 70 valence electrons. The fourth-order valence-corrected chi connectivity index (χ4v) is 1.13. The van der Waals surface area contributed by atoms with E-state index in [9.17, 15) is 4.79 Å². The van der Waals surface area contributed by atoms with Crippen LogP contribution in [0, 0.1) is 0 Å². The third kappa shape index (κ3) is 2.58. The van der Waals surface area contributed by atoms with Gasteiger partial charge in [0.1, 0.15) is 5.75 Å². The van der Waals surface area contributed by atoms with E-state index in [2.05, 4.69) is 0 Å². The molecule has 1 aromatic carbocycles. The van der Waals surface area contributed by atoms with Gasteiger partial charge in [-0.05, 0) is 19.1 Å². The summed E-state index contributed by atoms with van der Waals surface area (Å²) in [6.45, 7) is 4.41. The zero-order valence-electron chi connectivity index (χ0n) is 8.04. The zero-order valence-corrected chi connectivity index (χ0v) is 8.04. The maximum Gasteiger partial charge on any atom is 0.162 e. The number of ketones is 1. The van der Waals surface area contributed by atoms with Gasteiger partial charge < -0.3 is 4.74 Å². The Kier molecular flexibility index (Phi) is 3.50. The van der Waals surface area contributed by atoms with Crippen molar-refractivity contribution in [1.29, 1.82) is 0 Å². The van der Waals surface area contributed by atoms with Crippen LogP contribution in [0.4, 0.5) is 0 Å². The lowest BCUT2D eigenvalue weighted by molar-refractivity contribution is 0.0987. The van der Waals surface area contributed by atoms with Gasteiger partial charge in [0.15, 0.2) is 5.78 Å². The van der Waals surface area contributed by atoms with Crippen LogP contribution in [0.5, 0.6) is 5.75 Å². The number of hydrogen-bond donors (Lipinski definition) is 0. The van der Waals surface area contributed by atoms with Crippen molar-refractivity contribution in [3.63, 3.8) is 0 Å². The number of hydrogen-bond acceptors (Lipinski definition) is 2. The minimum atomic E-state index is 0.154. The SMILES string of the molecule is CCOc1cccc(C(=O)CC)c1. The predicted molar refractivity (Wildman–Crippen MR) is 52.2 cm³/mol. The Morgan fingerprint density at radius 3 is 2.77 bits per heavy atom. The molecule has 0 atom stereocenters. The summed E-state index contributed by atoms with van der Waals surface area (Å²) in [7, 11) is 0. The normalized spacial score (nSPS) is 9.69. The molecule has 0 aliphatic rings. The number of carbonyl (C=O) groups is 1. The highest BCUT2D eigenvalue weighted by Crippen LogP contribution is 2.14. The van der Waals surface area contributed by atoms with Crippen molar-refractivity contribution in [3.8, 4) is 5.75 Å². The molecule has 0 amide bonds. The molecular weight excluding hydrogens is 164 g/mol. The third-order valence-electron chi connectivity index (χ3n) is 1.79. The van der Waals surface area contributed by atoms with Crippen molar-refractivity contribution in [2.45, 2.75) is 20.3 Å².